The molecular weight excluding hydrogens is 516 g/mol. The predicted octanol–water partition coefficient (Wildman–Crippen LogP) is 2.19. The first-order valence-corrected chi connectivity index (χ1v) is 13.1. The molecule has 2 aromatic rings. The number of hydrogen-bond acceptors (Lipinski definition) is 8. The number of amides is 4. The Hall–Kier alpha value is -4.80. The topological polar surface area (TPSA) is 151 Å². The fraction of sp³-hybridized carbons (Fsp3) is 0.310. The molecule has 0 bridgehead atoms. The Bertz CT molecular complexity index is 1400. The number of carbonyl (C=O) groups excluding carboxylic acids is 6. The van der Waals surface area contributed by atoms with Crippen molar-refractivity contribution in [3.63, 3.8) is 0 Å². The number of anilines is 1. The van der Waals surface area contributed by atoms with E-state index in [9.17, 15) is 28.8 Å². The minimum atomic E-state index is -0.759. The molecule has 2 heterocycles. The number of allylic oxidation sites excluding steroid dienone is 1. The number of ketones is 2. The molecule has 206 valence electrons. The Morgan fingerprint density at radius 2 is 1.75 bits per heavy atom. The van der Waals surface area contributed by atoms with Gasteiger partial charge in [-0.25, -0.2) is 4.79 Å². The molecule has 2 aromatic carbocycles. The second-order valence-corrected chi connectivity index (χ2v) is 9.87. The Morgan fingerprint density at radius 3 is 2.48 bits per heavy atom. The molecule has 40 heavy (non-hydrogen) atoms. The van der Waals surface area contributed by atoms with Crippen LogP contribution < -0.4 is 16.0 Å². The summed E-state index contributed by atoms with van der Waals surface area (Å²) in [5.74, 6) is -1.81. The standard InChI is InChI=1S/C29H28N4O7/c34-24-13-18(17-5-2-1-3-6-17)14-25(35)20(24)15-30-11-12-40-29(39)31-22-8-4-7-19-21(22)16-33(28(19)38)23-9-10-26(36)32-27(23)37/h1-8,15,18,23,30H,9-14,16H2,(H,31,39)(H,32,36,37). The van der Waals surface area contributed by atoms with Crippen LogP contribution in [0.4, 0.5) is 10.5 Å². The van der Waals surface area contributed by atoms with Crippen molar-refractivity contribution in [1.82, 2.24) is 15.5 Å². The number of piperidine rings is 1. The fourth-order valence-corrected chi connectivity index (χ4v) is 5.24. The Kier molecular flexibility index (Phi) is 7.72. The third-order valence-corrected chi connectivity index (χ3v) is 7.28. The van der Waals surface area contributed by atoms with Crippen LogP contribution in [0.1, 0.15) is 53.1 Å². The molecule has 11 heteroatoms. The number of benzene rings is 2. The third-order valence-electron chi connectivity index (χ3n) is 7.28. The smallest absolute Gasteiger partial charge is 0.411 e. The highest BCUT2D eigenvalue weighted by atomic mass is 16.5. The lowest BCUT2D eigenvalue weighted by Gasteiger charge is -2.29. The van der Waals surface area contributed by atoms with Gasteiger partial charge >= 0.3 is 6.09 Å². The number of carbonyl (C=O) groups is 6. The van der Waals surface area contributed by atoms with Crippen molar-refractivity contribution in [2.24, 2.45) is 0 Å². The minimum absolute atomic E-state index is 0.0407. The molecule has 5 rings (SSSR count). The second-order valence-electron chi connectivity index (χ2n) is 9.87. The monoisotopic (exact) mass is 544 g/mol. The summed E-state index contributed by atoms with van der Waals surface area (Å²) in [4.78, 5) is 75.6. The number of fused-ring (bicyclic) bond motifs is 1. The van der Waals surface area contributed by atoms with Gasteiger partial charge in [-0.3, -0.25) is 34.6 Å². The minimum Gasteiger partial charge on any atom is -0.447 e. The summed E-state index contributed by atoms with van der Waals surface area (Å²) in [6.07, 6.45) is 1.54. The molecule has 4 amide bonds. The summed E-state index contributed by atoms with van der Waals surface area (Å²) in [5.41, 5.74) is 2.38. The molecule has 1 saturated heterocycles. The highest BCUT2D eigenvalue weighted by Crippen LogP contribution is 2.33. The summed E-state index contributed by atoms with van der Waals surface area (Å²) in [7, 11) is 0. The Morgan fingerprint density at radius 1 is 1.00 bits per heavy atom. The van der Waals surface area contributed by atoms with Gasteiger partial charge in [-0.2, -0.15) is 0 Å². The molecule has 1 atom stereocenters. The molecular formula is C29H28N4O7. The van der Waals surface area contributed by atoms with Gasteiger partial charge < -0.3 is 15.0 Å². The maximum atomic E-state index is 12.9. The van der Waals surface area contributed by atoms with Gasteiger partial charge in [-0.05, 0) is 30.0 Å². The molecule has 2 fully saturated rings. The van der Waals surface area contributed by atoms with Crippen LogP contribution in [0.5, 0.6) is 0 Å². The molecule has 1 aliphatic carbocycles. The highest BCUT2D eigenvalue weighted by Gasteiger charge is 2.40. The fourth-order valence-electron chi connectivity index (χ4n) is 5.24. The average molecular weight is 545 g/mol. The van der Waals surface area contributed by atoms with Crippen molar-refractivity contribution in [2.75, 3.05) is 18.5 Å². The van der Waals surface area contributed by atoms with E-state index in [1.165, 1.54) is 11.1 Å². The van der Waals surface area contributed by atoms with Gasteiger partial charge in [0, 0.05) is 55.4 Å². The van der Waals surface area contributed by atoms with Crippen LogP contribution in [0, 0.1) is 0 Å². The number of nitrogens with zero attached hydrogens (tertiary/aromatic N) is 1. The van der Waals surface area contributed by atoms with Crippen LogP contribution in [0.15, 0.2) is 60.3 Å². The average Bonchev–Trinajstić information content (AvgIpc) is 3.27. The van der Waals surface area contributed by atoms with Crippen LogP contribution in [0.3, 0.4) is 0 Å². The van der Waals surface area contributed by atoms with Gasteiger partial charge in [0.05, 0.1) is 5.57 Å². The summed E-state index contributed by atoms with van der Waals surface area (Å²) >= 11 is 0. The van der Waals surface area contributed by atoms with Crippen molar-refractivity contribution < 1.29 is 33.5 Å². The molecule has 1 saturated carbocycles. The third kappa shape index (κ3) is 5.63. The number of hydrogen-bond donors (Lipinski definition) is 3. The van der Waals surface area contributed by atoms with E-state index in [-0.39, 0.29) is 80.3 Å². The van der Waals surface area contributed by atoms with E-state index in [0.29, 0.717) is 16.8 Å². The molecule has 0 spiro atoms. The first-order valence-electron chi connectivity index (χ1n) is 13.1. The maximum absolute atomic E-state index is 12.9. The predicted molar refractivity (Wildman–Crippen MR) is 142 cm³/mol. The Labute approximate surface area is 229 Å². The zero-order valence-electron chi connectivity index (χ0n) is 21.6. The first kappa shape index (κ1) is 26.8. The van der Waals surface area contributed by atoms with Crippen molar-refractivity contribution in [2.45, 2.75) is 44.2 Å². The van der Waals surface area contributed by atoms with Gasteiger partial charge in [0.2, 0.25) is 11.8 Å². The van der Waals surface area contributed by atoms with E-state index in [0.717, 1.165) is 5.56 Å². The normalized spacial score (nSPS) is 20.6. The first-order chi connectivity index (χ1) is 19.3. The number of ether oxygens (including phenoxy) is 1. The molecule has 1 unspecified atom stereocenters. The van der Waals surface area contributed by atoms with E-state index < -0.39 is 18.0 Å². The number of Topliss-reactive ketones (excluding diaryl/α,β-unsaturated/α-hetero) is 2. The molecule has 3 N–H and O–H groups in total. The van der Waals surface area contributed by atoms with Gasteiger partial charge in [0.25, 0.3) is 5.91 Å². The number of nitrogens with one attached hydrogen (secondary N) is 3. The summed E-state index contributed by atoms with van der Waals surface area (Å²) in [6, 6.07) is 13.6. The highest BCUT2D eigenvalue weighted by molar-refractivity contribution is 6.22. The molecule has 2 aliphatic heterocycles. The lowest BCUT2D eigenvalue weighted by Crippen LogP contribution is -2.52. The van der Waals surface area contributed by atoms with E-state index in [2.05, 4.69) is 16.0 Å². The van der Waals surface area contributed by atoms with Crippen LogP contribution >= 0.6 is 0 Å². The number of imide groups is 1. The summed E-state index contributed by atoms with van der Waals surface area (Å²) in [6.45, 7) is 0.245. The van der Waals surface area contributed by atoms with Crippen molar-refractivity contribution in [1.29, 1.82) is 0 Å². The van der Waals surface area contributed by atoms with Crippen molar-refractivity contribution in [3.8, 4) is 0 Å². The zero-order chi connectivity index (χ0) is 28.2. The quantitative estimate of drug-likeness (QED) is 0.208. The largest absolute Gasteiger partial charge is 0.447 e. The zero-order valence-corrected chi connectivity index (χ0v) is 21.6. The molecule has 3 aliphatic rings. The summed E-state index contributed by atoms with van der Waals surface area (Å²) in [5, 5.41) is 7.76. The van der Waals surface area contributed by atoms with Crippen LogP contribution in [0.25, 0.3) is 0 Å². The van der Waals surface area contributed by atoms with Crippen LogP contribution in [-0.4, -0.2) is 59.5 Å². The van der Waals surface area contributed by atoms with E-state index in [1.807, 2.05) is 30.3 Å². The van der Waals surface area contributed by atoms with Gasteiger partial charge in [0.15, 0.2) is 11.6 Å². The van der Waals surface area contributed by atoms with Crippen molar-refractivity contribution in [3.05, 3.63) is 77.0 Å². The second kappa shape index (κ2) is 11.5. The molecule has 0 aromatic heterocycles. The van der Waals surface area contributed by atoms with Crippen LogP contribution in [0.2, 0.25) is 0 Å². The van der Waals surface area contributed by atoms with Crippen LogP contribution in [-0.2, 0) is 30.5 Å². The number of rotatable bonds is 7. The van der Waals surface area contributed by atoms with Gasteiger partial charge in [-0.1, -0.05) is 36.4 Å². The van der Waals surface area contributed by atoms with E-state index in [4.69, 9.17) is 4.74 Å². The SMILES string of the molecule is O=C1CCC(N2Cc3c(NC(=O)OCCNC=C4C(=O)CC(c5ccccc5)CC4=O)cccc3C2=O)C(=O)N1. The van der Waals surface area contributed by atoms with Gasteiger partial charge in [0.1, 0.15) is 12.6 Å². The summed E-state index contributed by atoms with van der Waals surface area (Å²) < 4.78 is 5.21. The maximum Gasteiger partial charge on any atom is 0.411 e. The van der Waals surface area contributed by atoms with E-state index in [1.54, 1.807) is 18.2 Å². The van der Waals surface area contributed by atoms with Gasteiger partial charge in [-0.15, -0.1) is 0 Å². The molecule has 11 nitrogen and oxygen atoms in total. The van der Waals surface area contributed by atoms with E-state index >= 15 is 0 Å². The van der Waals surface area contributed by atoms with Crippen molar-refractivity contribution >= 4 is 41.1 Å². The lowest BCUT2D eigenvalue weighted by molar-refractivity contribution is -0.137. The molecule has 0 radical (unpaired) electrons. The Balaban J connectivity index is 1.11. The lowest BCUT2D eigenvalue weighted by atomic mass is 9.80.